The molecular formula is C19H25N3O3S. The number of thiazole rings is 1. The van der Waals surface area contributed by atoms with Crippen LogP contribution in [-0.2, 0) is 4.74 Å². The maximum Gasteiger partial charge on any atom is 0.273 e. The van der Waals surface area contributed by atoms with E-state index in [0.29, 0.717) is 31.4 Å². The van der Waals surface area contributed by atoms with Crippen LogP contribution in [0.3, 0.4) is 0 Å². The monoisotopic (exact) mass is 375 g/mol. The lowest BCUT2D eigenvalue weighted by Crippen LogP contribution is -2.54. The number of ether oxygens (including phenoxy) is 2. The summed E-state index contributed by atoms with van der Waals surface area (Å²) in [7, 11) is 3.36. The van der Waals surface area contributed by atoms with Gasteiger partial charge in [-0.1, -0.05) is 12.1 Å². The third kappa shape index (κ3) is 4.06. The molecule has 0 spiro atoms. The smallest absolute Gasteiger partial charge is 0.273 e. The zero-order valence-corrected chi connectivity index (χ0v) is 16.3. The van der Waals surface area contributed by atoms with E-state index in [1.54, 1.807) is 14.2 Å². The number of hydrogen-bond acceptors (Lipinski definition) is 6. The summed E-state index contributed by atoms with van der Waals surface area (Å²) in [5.74, 6) is 0.766. The van der Waals surface area contributed by atoms with Gasteiger partial charge in [-0.05, 0) is 19.1 Å². The molecule has 0 aliphatic carbocycles. The highest BCUT2D eigenvalue weighted by Gasteiger charge is 2.28. The molecule has 1 unspecified atom stereocenters. The van der Waals surface area contributed by atoms with Crippen LogP contribution >= 0.6 is 11.3 Å². The van der Waals surface area contributed by atoms with Crippen LogP contribution in [0.15, 0.2) is 29.6 Å². The van der Waals surface area contributed by atoms with Crippen molar-refractivity contribution >= 4 is 17.2 Å². The highest BCUT2D eigenvalue weighted by atomic mass is 32.1. The van der Waals surface area contributed by atoms with E-state index in [-0.39, 0.29) is 5.91 Å². The average molecular weight is 375 g/mol. The minimum absolute atomic E-state index is 0.000592. The fourth-order valence-electron chi connectivity index (χ4n) is 3.20. The predicted octanol–water partition coefficient (Wildman–Crippen LogP) is 2.61. The van der Waals surface area contributed by atoms with Crippen LogP contribution in [0.1, 0.15) is 17.4 Å². The molecule has 1 aromatic carbocycles. The van der Waals surface area contributed by atoms with E-state index in [2.05, 4.69) is 16.8 Å². The van der Waals surface area contributed by atoms with Gasteiger partial charge in [0.05, 0.1) is 19.3 Å². The second-order valence-electron chi connectivity index (χ2n) is 6.37. The quantitative estimate of drug-likeness (QED) is 0.777. The number of rotatable bonds is 6. The van der Waals surface area contributed by atoms with Crippen molar-refractivity contribution in [2.45, 2.75) is 13.0 Å². The predicted molar refractivity (Wildman–Crippen MR) is 103 cm³/mol. The van der Waals surface area contributed by atoms with Gasteiger partial charge in [0.25, 0.3) is 5.91 Å². The topological polar surface area (TPSA) is 54.9 Å². The molecule has 7 heteroatoms. The number of carbonyl (C=O) groups is 1. The van der Waals surface area contributed by atoms with E-state index in [1.807, 2.05) is 34.5 Å². The number of aromatic nitrogens is 1. The average Bonchev–Trinajstić information content (AvgIpc) is 3.16. The highest BCUT2D eigenvalue weighted by Crippen LogP contribution is 2.32. The summed E-state index contributed by atoms with van der Waals surface area (Å²) < 4.78 is 10.6. The molecule has 1 aliphatic heterocycles. The van der Waals surface area contributed by atoms with Crippen LogP contribution in [0.25, 0.3) is 10.6 Å². The third-order valence-corrected chi connectivity index (χ3v) is 5.57. The van der Waals surface area contributed by atoms with Crippen LogP contribution in [0.2, 0.25) is 0 Å². The lowest BCUT2D eigenvalue weighted by atomic mass is 10.2. The van der Waals surface area contributed by atoms with Crippen molar-refractivity contribution in [1.29, 1.82) is 0 Å². The van der Waals surface area contributed by atoms with Gasteiger partial charge in [-0.2, -0.15) is 0 Å². The van der Waals surface area contributed by atoms with Crippen LogP contribution in [0, 0.1) is 0 Å². The number of carbonyl (C=O) groups excluding carboxylic acids is 1. The minimum atomic E-state index is 0.000592. The fraction of sp³-hybridized carbons (Fsp3) is 0.474. The first-order valence-electron chi connectivity index (χ1n) is 8.75. The number of amides is 1. The first-order valence-corrected chi connectivity index (χ1v) is 9.63. The first-order chi connectivity index (χ1) is 12.6. The molecule has 0 bridgehead atoms. The lowest BCUT2D eigenvalue weighted by Gasteiger charge is -2.39. The Labute approximate surface area is 158 Å². The lowest BCUT2D eigenvalue weighted by molar-refractivity contribution is 0.0431. The number of benzene rings is 1. The highest BCUT2D eigenvalue weighted by molar-refractivity contribution is 7.13. The molecule has 140 valence electrons. The Morgan fingerprint density at radius 2 is 2.12 bits per heavy atom. The molecule has 0 saturated carbocycles. The molecule has 1 aromatic heterocycles. The van der Waals surface area contributed by atoms with Crippen molar-refractivity contribution in [2.24, 2.45) is 0 Å². The van der Waals surface area contributed by atoms with Gasteiger partial charge in [-0.15, -0.1) is 11.3 Å². The minimum Gasteiger partial charge on any atom is -0.496 e. The third-order valence-electron chi connectivity index (χ3n) is 4.70. The SMILES string of the molecule is COCCN1CCN(C(=O)c2csc(-c3ccccc3OC)n2)CC1C. The molecule has 1 aliphatic rings. The molecule has 1 amide bonds. The van der Waals surface area contributed by atoms with Gasteiger partial charge in [0.2, 0.25) is 0 Å². The van der Waals surface area contributed by atoms with E-state index in [1.165, 1.54) is 11.3 Å². The van der Waals surface area contributed by atoms with E-state index in [0.717, 1.165) is 29.4 Å². The van der Waals surface area contributed by atoms with Crippen molar-refractivity contribution in [2.75, 3.05) is 47.0 Å². The second kappa shape index (κ2) is 8.62. The van der Waals surface area contributed by atoms with Gasteiger partial charge in [0, 0.05) is 44.7 Å². The summed E-state index contributed by atoms with van der Waals surface area (Å²) >= 11 is 1.47. The Bertz CT molecular complexity index is 749. The molecule has 0 radical (unpaired) electrons. The summed E-state index contributed by atoms with van der Waals surface area (Å²) in [4.78, 5) is 21.7. The van der Waals surface area contributed by atoms with Gasteiger partial charge >= 0.3 is 0 Å². The van der Waals surface area contributed by atoms with Crippen molar-refractivity contribution in [1.82, 2.24) is 14.8 Å². The number of hydrogen-bond donors (Lipinski definition) is 0. The molecule has 1 saturated heterocycles. The number of piperazine rings is 1. The summed E-state index contributed by atoms with van der Waals surface area (Å²) in [5, 5.41) is 2.64. The number of para-hydroxylation sites is 1. The molecule has 2 aromatic rings. The van der Waals surface area contributed by atoms with Gasteiger partial charge < -0.3 is 14.4 Å². The van der Waals surface area contributed by atoms with Crippen molar-refractivity contribution in [3.63, 3.8) is 0 Å². The molecule has 0 N–H and O–H groups in total. The molecule has 2 heterocycles. The Balaban J connectivity index is 1.69. The van der Waals surface area contributed by atoms with Crippen molar-refractivity contribution in [3.8, 4) is 16.3 Å². The fourth-order valence-corrected chi connectivity index (χ4v) is 4.02. The van der Waals surface area contributed by atoms with E-state index >= 15 is 0 Å². The van der Waals surface area contributed by atoms with E-state index in [9.17, 15) is 4.79 Å². The molecule has 6 nitrogen and oxygen atoms in total. The standard InChI is InChI=1S/C19H25N3O3S/c1-14-12-22(9-8-21(14)10-11-24-2)19(23)16-13-26-18(20-16)15-6-4-5-7-17(15)25-3/h4-7,13-14H,8-12H2,1-3H3. The van der Waals surface area contributed by atoms with Crippen LogP contribution in [0.5, 0.6) is 5.75 Å². The molecule has 3 rings (SSSR count). The van der Waals surface area contributed by atoms with Crippen molar-refractivity contribution < 1.29 is 14.3 Å². The second-order valence-corrected chi connectivity index (χ2v) is 7.23. The Morgan fingerprint density at radius 1 is 1.31 bits per heavy atom. The number of methoxy groups -OCH3 is 2. The molecule has 26 heavy (non-hydrogen) atoms. The van der Waals surface area contributed by atoms with Gasteiger partial charge in [-0.3, -0.25) is 9.69 Å². The van der Waals surface area contributed by atoms with Gasteiger partial charge in [0.15, 0.2) is 0 Å². The van der Waals surface area contributed by atoms with Gasteiger partial charge in [0.1, 0.15) is 16.5 Å². The summed E-state index contributed by atoms with van der Waals surface area (Å²) in [6, 6.07) is 8.05. The summed E-state index contributed by atoms with van der Waals surface area (Å²) in [6.45, 7) is 6.05. The molecule has 1 atom stereocenters. The molecular weight excluding hydrogens is 350 g/mol. The normalized spacial score (nSPS) is 18.1. The Hall–Kier alpha value is -1.96. The Kier molecular flexibility index (Phi) is 6.24. The van der Waals surface area contributed by atoms with Crippen LogP contribution in [0.4, 0.5) is 0 Å². The summed E-state index contributed by atoms with van der Waals surface area (Å²) in [6.07, 6.45) is 0. The van der Waals surface area contributed by atoms with E-state index < -0.39 is 0 Å². The maximum absolute atomic E-state index is 12.9. The van der Waals surface area contributed by atoms with Crippen LogP contribution in [-0.4, -0.2) is 73.7 Å². The maximum atomic E-state index is 12.9. The van der Waals surface area contributed by atoms with Gasteiger partial charge in [-0.25, -0.2) is 4.98 Å². The Morgan fingerprint density at radius 3 is 2.85 bits per heavy atom. The van der Waals surface area contributed by atoms with Crippen LogP contribution < -0.4 is 4.74 Å². The first kappa shape index (κ1) is 18.8. The van der Waals surface area contributed by atoms with Crippen molar-refractivity contribution in [3.05, 3.63) is 35.3 Å². The zero-order valence-electron chi connectivity index (χ0n) is 15.5. The zero-order chi connectivity index (χ0) is 18.5. The number of nitrogens with zero attached hydrogens (tertiary/aromatic N) is 3. The van der Waals surface area contributed by atoms with E-state index in [4.69, 9.17) is 9.47 Å². The summed E-state index contributed by atoms with van der Waals surface area (Å²) in [5.41, 5.74) is 1.42. The molecule has 1 fully saturated rings. The largest absolute Gasteiger partial charge is 0.496 e.